The van der Waals surface area contributed by atoms with Gasteiger partial charge in [-0.25, -0.2) is 0 Å². The second kappa shape index (κ2) is 8.88. The van der Waals surface area contributed by atoms with E-state index in [1.807, 2.05) is 38.1 Å². The molecule has 0 saturated heterocycles. The molecule has 128 valence electrons. The Hall–Kier alpha value is -1.81. The molecule has 2 aromatic carbocycles. The summed E-state index contributed by atoms with van der Waals surface area (Å²) >= 11 is 3.52. The van der Waals surface area contributed by atoms with E-state index < -0.39 is 0 Å². The third kappa shape index (κ3) is 5.38. The summed E-state index contributed by atoms with van der Waals surface area (Å²) < 4.78 is 6.71. The number of hydrogen-bond donors (Lipinski definition) is 1. The van der Waals surface area contributed by atoms with Crippen molar-refractivity contribution in [2.24, 2.45) is 0 Å². The van der Waals surface area contributed by atoms with Crippen LogP contribution in [0.4, 0.5) is 5.69 Å². The molecule has 3 nitrogen and oxygen atoms in total. The van der Waals surface area contributed by atoms with Crippen LogP contribution in [0.1, 0.15) is 36.5 Å². The standard InChI is InChI=1S/C20H24BrNO2/c1-4-16-9-10-19(17(21)13-16)24-11-5-6-20(23)22-18-12-14(2)7-8-15(18)3/h7-10,12-13H,4-6,11H2,1-3H3,(H,22,23). The van der Waals surface area contributed by atoms with Gasteiger partial charge in [-0.15, -0.1) is 0 Å². The summed E-state index contributed by atoms with van der Waals surface area (Å²) in [4.78, 5) is 12.1. The number of halogens is 1. The van der Waals surface area contributed by atoms with E-state index in [-0.39, 0.29) is 5.91 Å². The van der Waals surface area contributed by atoms with Gasteiger partial charge in [0.1, 0.15) is 5.75 Å². The summed E-state index contributed by atoms with van der Waals surface area (Å²) in [6.07, 6.45) is 2.12. The fourth-order valence-electron chi connectivity index (χ4n) is 2.38. The van der Waals surface area contributed by atoms with Crippen LogP contribution >= 0.6 is 15.9 Å². The van der Waals surface area contributed by atoms with E-state index >= 15 is 0 Å². The highest BCUT2D eigenvalue weighted by Crippen LogP contribution is 2.26. The minimum absolute atomic E-state index is 0.0210. The molecule has 1 N–H and O–H groups in total. The van der Waals surface area contributed by atoms with Crippen LogP contribution in [-0.2, 0) is 11.2 Å². The van der Waals surface area contributed by atoms with Crippen LogP contribution in [0.25, 0.3) is 0 Å². The first-order valence-electron chi connectivity index (χ1n) is 8.28. The quantitative estimate of drug-likeness (QED) is 0.641. The van der Waals surface area contributed by atoms with E-state index in [1.54, 1.807) is 0 Å². The molecule has 1 amide bonds. The minimum atomic E-state index is 0.0210. The molecular formula is C20H24BrNO2. The van der Waals surface area contributed by atoms with Crippen LogP contribution in [-0.4, -0.2) is 12.5 Å². The number of benzene rings is 2. The van der Waals surface area contributed by atoms with Crippen molar-refractivity contribution in [1.82, 2.24) is 0 Å². The summed E-state index contributed by atoms with van der Waals surface area (Å²) in [7, 11) is 0. The number of ether oxygens (including phenoxy) is 1. The predicted octanol–water partition coefficient (Wildman–Crippen LogP) is 5.43. The summed E-state index contributed by atoms with van der Waals surface area (Å²) in [5.41, 5.74) is 4.37. The molecule has 0 bridgehead atoms. The lowest BCUT2D eigenvalue weighted by Crippen LogP contribution is -2.13. The Kier molecular flexibility index (Phi) is 6.85. The van der Waals surface area contributed by atoms with Crippen molar-refractivity contribution in [3.63, 3.8) is 0 Å². The van der Waals surface area contributed by atoms with E-state index in [4.69, 9.17) is 4.74 Å². The van der Waals surface area contributed by atoms with Gasteiger partial charge in [0.25, 0.3) is 0 Å². The van der Waals surface area contributed by atoms with Crippen molar-refractivity contribution in [3.8, 4) is 5.75 Å². The molecule has 0 aliphatic rings. The van der Waals surface area contributed by atoms with Crippen molar-refractivity contribution in [1.29, 1.82) is 0 Å². The van der Waals surface area contributed by atoms with Crippen LogP contribution < -0.4 is 10.1 Å². The van der Waals surface area contributed by atoms with Crippen molar-refractivity contribution in [2.45, 2.75) is 40.0 Å². The zero-order chi connectivity index (χ0) is 17.5. The molecule has 0 heterocycles. The molecular weight excluding hydrogens is 366 g/mol. The maximum Gasteiger partial charge on any atom is 0.224 e. The lowest BCUT2D eigenvalue weighted by atomic mass is 10.1. The molecule has 0 aliphatic heterocycles. The van der Waals surface area contributed by atoms with Crippen molar-refractivity contribution in [3.05, 3.63) is 57.6 Å². The second-order valence-corrected chi connectivity index (χ2v) is 6.79. The van der Waals surface area contributed by atoms with Gasteiger partial charge in [0.15, 0.2) is 0 Å². The van der Waals surface area contributed by atoms with Crippen LogP contribution in [0.2, 0.25) is 0 Å². The molecule has 0 atom stereocenters. The van der Waals surface area contributed by atoms with Crippen LogP contribution in [0, 0.1) is 13.8 Å². The zero-order valence-corrected chi connectivity index (χ0v) is 16.1. The third-order valence-corrected chi connectivity index (χ3v) is 4.50. The summed E-state index contributed by atoms with van der Waals surface area (Å²) in [5.74, 6) is 0.842. The SMILES string of the molecule is CCc1ccc(OCCCC(=O)Nc2cc(C)ccc2C)c(Br)c1. The number of rotatable bonds is 7. The lowest BCUT2D eigenvalue weighted by Gasteiger charge is -2.11. The average molecular weight is 390 g/mol. The molecule has 0 saturated carbocycles. The molecule has 0 radical (unpaired) electrons. The van der Waals surface area contributed by atoms with Crippen molar-refractivity contribution < 1.29 is 9.53 Å². The molecule has 0 aromatic heterocycles. The fourth-order valence-corrected chi connectivity index (χ4v) is 2.92. The van der Waals surface area contributed by atoms with Gasteiger partial charge in [0.05, 0.1) is 11.1 Å². The topological polar surface area (TPSA) is 38.3 Å². The molecule has 0 fully saturated rings. The van der Waals surface area contributed by atoms with Crippen molar-refractivity contribution in [2.75, 3.05) is 11.9 Å². The average Bonchev–Trinajstić information content (AvgIpc) is 2.56. The van der Waals surface area contributed by atoms with Gasteiger partial charge in [-0.05, 0) is 77.5 Å². The van der Waals surface area contributed by atoms with E-state index in [1.165, 1.54) is 5.56 Å². The molecule has 24 heavy (non-hydrogen) atoms. The summed E-state index contributed by atoms with van der Waals surface area (Å²) in [5, 5.41) is 2.97. The fraction of sp³-hybridized carbons (Fsp3) is 0.350. The zero-order valence-electron chi connectivity index (χ0n) is 14.5. The van der Waals surface area contributed by atoms with Gasteiger partial charge >= 0.3 is 0 Å². The van der Waals surface area contributed by atoms with Crippen LogP contribution in [0.3, 0.4) is 0 Å². The van der Waals surface area contributed by atoms with Gasteiger partial charge < -0.3 is 10.1 Å². The highest BCUT2D eigenvalue weighted by molar-refractivity contribution is 9.10. The molecule has 2 aromatic rings. The Morgan fingerprint density at radius 1 is 1.17 bits per heavy atom. The third-order valence-electron chi connectivity index (χ3n) is 3.88. The Morgan fingerprint density at radius 2 is 1.96 bits per heavy atom. The first-order chi connectivity index (χ1) is 11.5. The summed E-state index contributed by atoms with van der Waals surface area (Å²) in [6.45, 7) is 6.65. The number of aryl methyl sites for hydroxylation is 3. The monoisotopic (exact) mass is 389 g/mol. The summed E-state index contributed by atoms with van der Waals surface area (Å²) in [6, 6.07) is 12.2. The smallest absolute Gasteiger partial charge is 0.224 e. The highest BCUT2D eigenvalue weighted by Gasteiger charge is 2.06. The number of carbonyl (C=O) groups excluding carboxylic acids is 1. The predicted molar refractivity (Wildman–Crippen MR) is 103 cm³/mol. The second-order valence-electron chi connectivity index (χ2n) is 5.94. The first-order valence-corrected chi connectivity index (χ1v) is 9.07. The molecule has 0 unspecified atom stereocenters. The van der Waals surface area contributed by atoms with E-state index in [0.717, 1.165) is 33.5 Å². The Labute approximate surface area is 152 Å². The minimum Gasteiger partial charge on any atom is -0.492 e. The van der Waals surface area contributed by atoms with E-state index in [0.29, 0.717) is 19.4 Å². The number of carbonyl (C=O) groups is 1. The largest absolute Gasteiger partial charge is 0.492 e. The molecule has 0 aliphatic carbocycles. The van der Waals surface area contributed by atoms with E-state index in [9.17, 15) is 4.79 Å². The van der Waals surface area contributed by atoms with Gasteiger partial charge in [-0.2, -0.15) is 0 Å². The Balaban J connectivity index is 1.78. The first kappa shape index (κ1) is 18.5. The molecule has 0 spiro atoms. The maximum absolute atomic E-state index is 12.1. The lowest BCUT2D eigenvalue weighted by molar-refractivity contribution is -0.116. The Morgan fingerprint density at radius 3 is 2.67 bits per heavy atom. The van der Waals surface area contributed by atoms with Crippen molar-refractivity contribution >= 4 is 27.5 Å². The Bertz CT molecular complexity index is 713. The maximum atomic E-state index is 12.1. The van der Waals surface area contributed by atoms with Gasteiger partial charge in [0, 0.05) is 12.1 Å². The van der Waals surface area contributed by atoms with Gasteiger partial charge in [0.2, 0.25) is 5.91 Å². The molecule has 2 rings (SSSR count). The number of amides is 1. The van der Waals surface area contributed by atoms with Crippen LogP contribution in [0.15, 0.2) is 40.9 Å². The normalized spacial score (nSPS) is 10.5. The molecule has 4 heteroatoms. The highest BCUT2D eigenvalue weighted by atomic mass is 79.9. The van der Waals surface area contributed by atoms with E-state index in [2.05, 4.69) is 40.3 Å². The number of hydrogen-bond acceptors (Lipinski definition) is 2. The van der Waals surface area contributed by atoms with Gasteiger partial charge in [-0.1, -0.05) is 25.1 Å². The number of nitrogens with one attached hydrogen (secondary N) is 1. The number of anilines is 1. The van der Waals surface area contributed by atoms with Gasteiger partial charge in [-0.3, -0.25) is 4.79 Å². The van der Waals surface area contributed by atoms with Crippen LogP contribution in [0.5, 0.6) is 5.75 Å².